The molecule has 24 heavy (non-hydrogen) atoms. The summed E-state index contributed by atoms with van der Waals surface area (Å²) in [4.78, 5) is 0. The Labute approximate surface area is 157 Å². The third kappa shape index (κ3) is 4.82. The van der Waals surface area contributed by atoms with Crippen LogP contribution in [-0.4, -0.2) is 13.2 Å². The Morgan fingerprint density at radius 1 is 1.08 bits per heavy atom. The zero-order valence-electron chi connectivity index (χ0n) is 14.2. The number of hydrogen-bond acceptors (Lipinski definition) is 4. The van der Waals surface area contributed by atoms with Gasteiger partial charge in [-0.25, -0.2) is 0 Å². The summed E-state index contributed by atoms with van der Waals surface area (Å²) in [6.07, 6.45) is 0. The van der Waals surface area contributed by atoms with Crippen LogP contribution in [0.15, 0.2) is 48.5 Å². The van der Waals surface area contributed by atoms with Crippen molar-refractivity contribution in [2.24, 2.45) is 0 Å². The fourth-order valence-corrected chi connectivity index (χ4v) is 5.04. The molecule has 0 amide bonds. The van der Waals surface area contributed by atoms with Crippen LogP contribution in [0.4, 0.5) is 5.69 Å². The van der Waals surface area contributed by atoms with Crippen LogP contribution in [0.5, 0.6) is 0 Å². The molecule has 130 valence electrons. The molecule has 1 N–H and O–H groups in total. The van der Waals surface area contributed by atoms with Gasteiger partial charge in [0.25, 0.3) is 0 Å². The third-order valence-electron chi connectivity index (χ3n) is 3.53. The summed E-state index contributed by atoms with van der Waals surface area (Å²) < 4.78 is 25.7. The second-order valence-corrected chi connectivity index (χ2v) is 8.65. The van der Waals surface area contributed by atoms with Crippen LogP contribution >= 0.6 is 30.2 Å². The molecule has 0 bridgehead atoms. The second-order valence-electron chi connectivity index (χ2n) is 5.29. The summed E-state index contributed by atoms with van der Waals surface area (Å²) in [5.41, 5.74) is 2.88. The van der Waals surface area contributed by atoms with Crippen LogP contribution in [0.1, 0.15) is 30.8 Å². The van der Waals surface area contributed by atoms with Crippen molar-refractivity contribution in [3.05, 3.63) is 63.2 Å². The average Bonchev–Trinajstić information content (AvgIpc) is 2.55. The van der Waals surface area contributed by atoms with E-state index in [1.165, 1.54) is 0 Å². The SMILES string of the molecule is CCOP(=O)(OCC)C(Nc1ccc(I)cc1C)c1ccccc1. The van der Waals surface area contributed by atoms with Gasteiger partial charge in [-0.1, -0.05) is 30.3 Å². The predicted octanol–water partition coefficient (Wildman–Crippen LogP) is 5.98. The van der Waals surface area contributed by atoms with E-state index < -0.39 is 13.4 Å². The van der Waals surface area contributed by atoms with E-state index >= 15 is 0 Å². The third-order valence-corrected chi connectivity index (χ3v) is 6.50. The van der Waals surface area contributed by atoms with Crippen LogP contribution < -0.4 is 5.32 Å². The van der Waals surface area contributed by atoms with Gasteiger partial charge in [-0.05, 0) is 72.7 Å². The molecule has 2 aromatic rings. The number of hydrogen-bond donors (Lipinski definition) is 1. The molecule has 6 heteroatoms. The van der Waals surface area contributed by atoms with Gasteiger partial charge >= 0.3 is 7.60 Å². The monoisotopic (exact) mass is 459 g/mol. The lowest BCUT2D eigenvalue weighted by atomic mass is 10.2. The molecule has 1 atom stereocenters. The van der Waals surface area contributed by atoms with Gasteiger partial charge in [0, 0.05) is 9.26 Å². The van der Waals surface area contributed by atoms with Gasteiger partial charge in [0.2, 0.25) is 0 Å². The molecule has 0 saturated carbocycles. The number of anilines is 1. The zero-order chi connectivity index (χ0) is 17.6. The van der Waals surface area contributed by atoms with Gasteiger partial charge < -0.3 is 14.4 Å². The van der Waals surface area contributed by atoms with Crippen molar-refractivity contribution in [1.29, 1.82) is 0 Å². The second kappa shape index (κ2) is 8.99. The van der Waals surface area contributed by atoms with E-state index in [9.17, 15) is 4.57 Å². The summed E-state index contributed by atoms with van der Waals surface area (Å²) >= 11 is 2.28. The molecule has 0 fully saturated rings. The lowest BCUT2D eigenvalue weighted by Gasteiger charge is -2.28. The Bertz CT molecular complexity index is 699. The first-order valence-electron chi connectivity index (χ1n) is 7.96. The fraction of sp³-hybridized carbons (Fsp3) is 0.333. The van der Waals surface area contributed by atoms with Gasteiger partial charge in [0.15, 0.2) is 5.78 Å². The maximum atomic E-state index is 13.4. The maximum absolute atomic E-state index is 13.4. The summed E-state index contributed by atoms with van der Waals surface area (Å²) in [6, 6.07) is 15.7. The molecule has 2 rings (SSSR count). The molecule has 0 heterocycles. The van der Waals surface area contributed by atoms with Crippen molar-refractivity contribution in [2.45, 2.75) is 26.6 Å². The predicted molar refractivity (Wildman–Crippen MR) is 108 cm³/mol. The highest BCUT2D eigenvalue weighted by molar-refractivity contribution is 14.1. The Balaban J connectivity index is 2.44. The Morgan fingerprint density at radius 3 is 2.25 bits per heavy atom. The summed E-state index contributed by atoms with van der Waals surface area (Å²) in [5, 5.41) is 3.38. The van der Waals surface area contributed by atoms with Crippen LogP contribution in [0.2, 0.25) is 0 Å². The lowest BCUT2D eigenvalue weighted by molar-refractivity contribution is 0.214. The summed E-state index contributed by atoms with van der Waals surface area (Å²) in [6.45, 7) is 6.33. The standard InChI is InChI=1S/C18H23INO3P/c1-4-22-24(21,23-5-2)18(15-9-7-6-8-10-15)20-17-12-11-16(19)13-14(17)3/h6-13,18,20H,4-5H2,1-3H3. The van der Waals surface area contributed by atoms with Crippen LogP contribution in [0.3, 0.4) is 0 Å². The number of rotatable bonds is 8. The van der Waals surface area contributed by atoms with E-state index in [1.54, 1.807) is 0 Å². The maximum Gasteiger partial charge on any atom is 0.357 e. The van der Waals surface area contributed by atoms with E-state index in [1.807, 2.05) is 63.2 Å². The summed E-state index contributed by atoms with van der Waals surface area (Å²) in [5.74, 6) is -0.558. The minimum absolute atomic E-state index is 0.327. The number of aryl methyl sites for hydroxylation is 1. The first-order valence-corrected chi connectivity index (χ1v) is 10.7. The average molecular weight is 459 g/mol. The molecular formula is C18H23INO3P. The van der Waals surface area contributed by atoms with Gasteiger partial charge in [0.05, 0.1) is 13.2 Å². The molecule has 0 aliphatic heterocycles. The minimum atomic E-state index is -3.36. The first kappa shape index (κ1) is 19.4. The number of nitrogens with one attached hydrogen (secondary N) is 1. The molecule has 0 aromatic heterocycles. The number of halogens is 1. The van der Waals surface area contributed by atoms with Crippen molar-refractivity contribution in [3.63, 3.8) is 0 Å². The zero-order valence-corrected chi connectivity index (χ0v) is 17.2. The van der Waals surface area contributed by atoms with Gasteiger partial charge in [0.1, 0.15) is 0 Å². The normalized spacial score (nSPS) is 12.8. The van der Waals surface area contributed by atoms with E-state index in [0.29, 0.717) is 13.2 Å². The molecule has 0 spiro atoms. The van der Waals surface area contributed by atoms with Crippen molar-refractivity contribution < 1.29 is 13.6 Å². The van der Waals surface area contributed by atoms with E-state index in [2.05, 4.69) is 34.0 Å². The van der Waals surface area contributed by atoms with Gasteiger partial charge in [-0.15, -0.1) is 0 Å². The van der Waals surface area contributed by atoms with E-state index in [0.717, 1.165) is 20.4 Å². The van der Waals surface area contributed by atoms with Gasteiger partial charge in [-0.2, -0.15) is 0 Å². The molecule has 0 radical (unpaired) electrons. The smallest absolute Gasteiger partial charge is 0.357 e. The first-order chi connectivity index (χ1) is 11.5. The molecule has 0 saturated heterocycles. The molecule has 0 aliphatic rings. The lowest BCUT2D eigenvalue weighted by Crippen LogP contribution is -2.16. The van der Waals surface area contributed by atoms with Crippen molar-refractivity contribution >= 4 is 35.9 Å². The largest absolute Gasteiger partial charge is 0.368 e. The number of benzene rings is 2. The minimum Gasteiger partial charge on any atom is -0.368 e. The highest BCUT2D eigenvalue weighted by Crippen LogP contribution is 2.60. The van der Waals surface area contributed by atoms with Crippen LogP contribution in [-0.2, 0) is 13.6 Å². The van der Waals surface area contributed by atoms with Crippen LogP contribution in [0.25, 0.3) is 0 Å². The Hall–Kier alpha value is -0.880. The van der Waals surface area contributed by atoms with Gasteiger partial charge in [-0.3, -0.25) is 4.57 Å². The van der Waals surface area contributed by atoms with E-state index in [4.69, 9.17) is 9.05 Å². The van der Waals surface area contributed by atoms with E-state index in [-0.39, 0.29) is 0 Å². The Morgan fingerprint density at radius 2 is 1.71 bits per heavy atom. The Kier molecular flexibility index (Phi) is 7.29. The summed E-state index contributed by atoms with van der Waals surface area (Å²) in [7, 11) is -3.36. The highest BCUT2D eigenvalue weighted by Gasteiger charge is 2.37. The topological polar surface area (TPSA) is 47.6 Å². The van der Waals surface area contributed by atoms with Crippen LogP contribution in [0, 0.1) is 10.5 Å². The quantitative estimate of drug-likeness (QED) is 0.390. The van der Waals surface area contributed by atoms with Crippen molar-refractivity contribution in [1.82, 2.24) is 0 Å². The molecular weight excluding hydrogens is 436 g/mol. The highest BCUT2D eigenvalue weighted by atomic mass is 127. The van der Waals surface area contributed by atoms with Crippen molar-refractivity contribution in [3.8, 4) is 0 Å². The molecule has 2 aromatic carbocycles. The molecule has 4 nitrogen and oxygen atoms in total. The molecule has 1 unspecified atom stereocenters. The van der Waals surface area contributed by atoms with Crippen molar-refractivity contribution in [2.75, 3.05) is 18.5 Å². The fourth-order valence-electron chi connectivity index (χ4n) is 2.46. The molecule has 0 aliphatic carbocycles.